The average molecular weight is 263 g/mol. The molecule has 0 aliphatic carbocycles. The number of aromatic nitrogens is 3. The first-order chi connectivity index (χ1) is 9.26. The molecule has 0 radical (unpaired) electrons. The topological polar surface area (TPSA) is 82.8 Å². The second-order valence-corrected chi connectivity index (χ2v) is 4.09. The van der Waals surface area contributed by atoms with Gasteiger partial charge in [0.15, 0.2) is 5.65 Å². The molecule has 0 spiro atoms. The van der Waals surface area contributed by atoms with E-state index in [1.807, 2.05) is 19.1 Å². The van der Waals surface area contributed by atoms with Gasteiger partial charge in [-0.1, -0.05) is 13.0 Å². The molecule has 19 heavy (non-hydrogen) atoms. The minimum Gasteiger partial charge on any atom is -0.395 e. The van der Waals surface area contributed by atoms with Gasteiger partial charge in [0.2, 0.25) is 5.95 Å². The number of aliphatic hydroxyl groups excluding tert-OH is 1. The Balaban J connectivity index is 2.13. The van der Waals surface area contributed by atoms with Gasteiger partial charge in [-0.05, 0) is 18.6 Å². The Labute approximate surface area is 110 Å². The van der Waals surface area contributed by atoms with E-state index in [1.54, 1.807) is 21.6 Å². The van der Waals surface area contributed by atoms with Gasteiger partial charge in [-0.25, -0.2) is 4.79 Å². The fourth-order valence-corrected chi connectivity index (χ4v) is 1.81. The Hall–Kier alpha value is -2.15. The van der Waals surface area contributed by atoms with E-state index in [2.05, 4.69) is 15.5 Å². The summed E-state index contributed by atoms with van der Waals surface area (Å²) in [5.41, 5.74) is 0.669. The molecule has 0 aliphatic heterocycles. The molecule has 0 aromatic carbocycles. The number of urea groups is 1. The number of rotatable bonds is 5. The summed E-state index contributed by atoms with van der Waals surface area (Å²) in [6, 6.07) is 5.21. The first kappa shape index (κ1) is 13.3. The highest BCUT2D eigenvalue weighted by Crippen LogP contribution is 2.08. The van der Waals surface area contributed by atoms with Crippen LogP contribution in [0.25, 0.3) is 5.65 Å². The maximum Gasteiger partial charge on any atom is 0.324 e. The molecule has 2 amide bonds. The first-order valence-corrected chi connectivity index (χ1v) is 6.22. The Kier molecular flexibility index (Phi) is 4.30. The predicted molar refractivity (Wildman–Crippen MR) is 71.0 cm³/mol. The van der Waals surface area contributed by atoms with Gasteiger partial charge in [-0.2, -0.15) is 0 Å². The zero-order chi connectivity index (χ0) is 13.7. The average Bonchev–Trinajstić information content (AvgIpc) is 2.82. The van der Waals surface area contributed by atoms with Crippen molar-refractivity contribution in [1.82, 2.24) is 19.5 Å². The van der Waals surface area contributed by atoms with E-state index in [9.17, 15) is 4.79 Å². The van der Waals surface area contributed by atoms with Gasteiger partial charge >= 0.3 is 6.03 Å². The number of hydrogen-bond donors (Lipinski definition) is 2. The lowest BCUT2D eigenvalue weighted by molar-refractivity contribution is 0.188. The largest absolute Gasteiger partial charge is 0.395 e. The van der Waals surface area contributed by atoms with Gasteiger partial charge in [0, 0.05) is 19.3 Å². The van der Waals surface area contributed by atoms with Gasteiger partial charge in [0.1, 0.15) is 0 Å². The fraction of sp³-hybridized carbons (Fsp3) is 0.417. The van der Waals surface area contributed by atoms with E-state index < -0.39 is 0 Å². The molecule has 102 valence electrons. The van der Waals surface area contributed by atoms with E-state index in [1.165, 1.54) is 0 Å². The zero-order valence-electron chi connectivity index (χ0n) is 10.8. The third kappa shape index (κ3) is 3.00. The van der Waals surface area contributed by atoms with Crippen LogP contribution in [0.4, 0.5) is 10.7 Å². The molecule has 2 aromatic rings. The number of carbonyl (C=O) groups is 1. The minimum absolute atomic E-state index is 0.0615. The Morgan fingerprint density at radius 3 is 3.00 bits per heavy atom. The monoisotopic (exact) mass is 263 g/mol. The summed E-state index contributed by atoms with van der Waals surface area (Å²) in [6.07, 6.45) is 2.61. The molecular formula is C12H17N5O2. The maximum atomic E-state index is 12.1. The van der Waals surface area contributed by atoms with E-state index in [0.717, 1.165) is 6.42 Å². The van der Waals surface area contributed by atoms with Crippen LogP contribution in [0.3, 0.4) is 0 Å². The maximum absolute atomic E-state index is 12.1. The lowest BCUT2D eigenvalue weighted by atomic mass is 10.4. The molecule has 7 heteroatoms. The highest BCUT2D eigenvalue weighted by atomic mass is 16.3. The van der Waals surface area contributed by atoms with Crippen LogP contribution < -0.4 is 5.32 Å². The second kappa shape index (κ2) is 6.14. The van der Waals surface area contributed by atoms with Crippen molar-refractivity contribution in [2.45, 2.75) is 13.3 Å². The van der Waals surface area contributed by atoms with Crippen LogP contribution >= 0.6 is 0 Å². The van der Waals surface area contributed by atoms with Gasteiger partial charge < -0.3 is 10.0 Å². The molecule has 0 fully saturated rings. The van der Waals surface area contributed by atoms with Crippen LogP contribution in [-0.2, 0) is 0 Å². The van der Waals surface area contributed by atoms with Crippen LogP contribution in [0, 0.1) is 0 Å². The fourth-order valence-electron chi connectivity index (χ4n) is 1.81. The Morgan fingerprint density at radius 2 is 2.26 bits per heavy atom. The lowest BCUT2D eigenvalue weighted by Gasteiger charge is -2.20. The number of fused-ring (bicyclic) bond motifs is 1. The number of pyridine rings is 1. The summed E-state index contributed by atoms with van der Waals surface area (Å²) < 4.78 is 1.70. The van der Waals surface area contributed by atoms with Gasteiger partial charge in [0.05, 0.1) is 6.61 Å². The van der Waals surface area contributed by atoms with Crippen LogP contribution in [0.15, 0.2) is 24.4 Å². The SMILES string of the molecule is CCCN(CCO)C(=O)Nc1nnc2ccccn12. The van der Waals surface area contributed by atoms with Crippen molar-refractivity contribution in [1.29, 1.82) is 0 Å². The molecule has 7 nitrogen and oxygen atoms in total. The highest BCUT2D eigenvalue weighted by molar-refractivity contribution is 5.87. The Morgan fingerprint density at radius 1 is 1.42 bits per heavy atom. The van der Waals surface area contributed by atoms with Crippen LogP contribution in [0.2, 0.25) is 0 Å². The molecule has 2 heterocycles. The number of anilines is 1. The van der Waals surface area contributed by atoms with Gasteiger partial charge in [-0.15, -0.1) is 10.2 Å². The summed E-state index contributed by atoms with van der Waals surface area (Å²) in [7, 11) is 0. The molecule has 0 unspecified atom stereocenters. The van der Waals surface area contributed by atoms with E-state index >= 15 is 0 Å². The molecular weight excluding hydrogens is 246 g/mol. The normalized spacial score (nSPS) is 10.6. The number of nitrogens with zero attached hydrogens (tertiary/aromatic N) is 4. The summed E-state index contributed by atoms with van der Waals surface area (Å²) in [6.45, 7) is 2.80. The van der Waals surface area contributed by atoms with Crippen LogP contribution in [-0.4, -0.2) is 50.3 Å². The minimum atomic E-state index is -0.283. The standard InChI is InChI=1S/C12H17N5O2/c1-2-6-16(8-9-18)12(19)13-11-15-14-10-5-3-4-7-17(10)11/h3-5,7,18H,2,6,8-9H2,1H3,(H,13,15,19). The quantitative estimate of drug-likeness (QED) is 0.842. The molecule has 0 saturated carbocycles. The van der Waals surface area contributed by atoms with Crippen LogP contribution in [0.1, 0.15) is 13.3 Å². The third-order valence-electron chi connectivity index (χ3n) is 2.68. The predicted octanol–water partition coefficient (Wildman–Crippen LogP) is 0.965. The van der Waals surface area contributed by atoms with Gasteiger partial charge in [0.25, 0.3) is 0 Å². The van der Waals surface area contributed by atoms with Crippen molar-refractivity contribution in [2.75, 3.05) is 25.0 Å². The van der Waals surface area contributed by atoms with Crippen molar-refractivity contribution < 1.29 is 9.90 Å². The van der Waals surface area contributed by atoms with Crippen molar-refractivity contribution >= 4 is 17.6 Å². The number of amides is 2. The molecule has 0 atom stereocenters. The van der Waals surface area contributed by atoms with Crippen LogP contribution in [0.5, 0.6) is 0 Å². The summed E-state index contributed by atoms with van der Waals surface area (Å²) in [5.74, 6) is 0.375. The summed E-state index contributed by atoms with van der Waals surface area (Å²) >= 11 is 0. The number of nitrogens with one attached hydrogen (secondary N) is 1. The first-order valence-electron chi connectivity index (χ1n) is 6.22. The van der Waals surface area contributed by atoms with E-state index in [4.69, 9.17) is 5.11 Å². The molecule has 2 N–H and O–H groups in total. The molecule has 0 aliphatic rings. The summed E-state index contributed by atoms with van der Waals surface area (Å²) in [5, 5.41) is 19.5. The molecule has 2 rings (SSSR count). The number of hydrogen-bond acceptors (Lipinski definition) is 4. The van der Waals surface area contributed by atoms with Crippen molar-refractivity contribution in [3.8, 4) is 0 Å². The second-order valence-electron chi connectivity index (χ2n) is 4.09. The lowest BCUT2D eigenvalue weighted by Crippen LogP contribution is -2.38. The smallest absolute Gasteiger partial charge is 0.324 e. The highest BCUT2D eigenvalue weighted by Gasteiger charge is 2.14. The Bertz CT molecular complexity index is 548. The summed E-state index contributed by atoms with van der Waals surface area (Å²) in [4.78, 5) is 13.6. The van der Waals surface area contributed by atoms with E-state index in [0.29, 0.717) is 24.7 Å². The van der Waals surface area contributed by atoms with Crippen molar-refractivity contribution in [2.24, 2.45) is 0 Å². The van der Waals surface area contributed by atoms with Gasteiger partial charge in [-0.3, -0.25) is 9.72 Å². The molecule has 0 saturated heterocycles. The van der Waals surface area contributed by atoms with Crippen molar-refractivity contribution in [3.05, 3.63) is 24.4 Å². The third-order valence-corrected chi connectivity index (χ3v) is 2.68. The number of aliphatic hydroxyl groups is 1. The molecule has 2 aromatic heterocycles. The van der Waals surface area contributed by atoms with E-state index in [-0.39, 0.29) is 12.6 Å². The van der Waals surface area contributed by atoms with Crippen molar-refractivity contribution in [3.63, 3.8) is 0 Å². The number of carbonyl (C=O) groups excluding carboxylic acids is 1. The zero-order valence-corrected chi connectivity index (χ0v) is 10.8. The molecule has 0 bridgehead atoms.